The number of ether oxygens (including phenoxy) is 2. The van der Waals surface area contributed by atoms with E-state index in [4.69, 9.17) is 14.6 Å². The molecule has 0 radical (unpaired) electrons. The summed E-state index contributed by atoms with van der Waals surface area (Å²) in [4.78, 5) is 22.3. The van der Waals surface area contributed by atoms with E-state index in [9.17, 15) is 14.9 Å². The normalized spacial score (nSPS) is 12.5. The molecular formula is C15H22N2O6. The number of aliphatic hydroxyl groups is 1. The van der Waals surface area contributed by atoms with Crippen molar-refractivity contribution < 1.29 is 24.3 Å². The summed E-state index contributed by atoms with van der Waals surface area (Å²) in [6.45, 7) is 4.94. The van der Waals surface area contributed by atoms with Gasteiger partial charge in [-0.3, -0.25) is 10.1 Å². The second kappa shape index (κ2) is 8.44. The standard InChI is InChI=1S/C15H22N2O6/c1-15(2,3)23-14(19)16-10-13(22-9-8-18)11-6-4-5-7-12(11)17(20)21/h4-7,13,18H,8-10H2,1-3H3,(H,16,19). The largest absolute Gasteiger partial charge is 0.444 e. The lowest BCUT2D eigenvalue weighted by atomic mass is 10.1. The molecule has 8 heteroatoms. The molecule has 0 saturated heterocycles. The minimum atomic E-state index is -0.767. The lowest BCUT2D eigenvalue weighted by Crippen LogP contribution is -2.35. The number of nitrogens with one attached hydrogen (secondary N) is 1. The third kappa shape index (κ3) is 6.62. The Bertz CT molecular complexity index is 541. The van der Waals surface area contributed by atoms with Crippen LogP contribution in [0.4, 0.5) is 10.5 Å². The maximum absolute atomic E-state index is 11.7. The van der Waals surface area contributed by atoms with Crippen LogP contribution in [0.1, 0.15) is 32.4 Å². The molecule has 1 unspecified atom stereocenters. The minimum Gasteiger partial charge on any atom is -0.444 e. The van der Waals surface area contributed by atoms with E-state index in [1.165, 1.54) is 6.07 Å². The molecule has 23 heavy (non-hydrogen) atoms. The number of nitro groups is 1. The first-order chi connectivity index (χ1) is 10.7. The third-order valence-electron chi connectivity index (χ3n) is 2.72. The molecule has 8 nitrogen and oxygen atoms in total. The van der Waals surface area contributed by atoms with Gasteiger partial charge in [0.15, 0.2) is 0 Å². The van der Waals surface area contributed by atoms with Crippen LogP contribution in [0.5, 0.6) is 0 Å². The van der Waals surface area contributed by atoms with Gasteiger partial charge in [0.05, 0.1) is 30.2 Å². The van der Waals surface area contributed by atoms with Gasteiger partial charge < -0.3 is 19.9 Å². The van der Waals surface area contributed by atoms with Crippen LogP contribution in [0.15, 0.2) is 24.3 Å². The summed E-state index contributed by atoms with van der Waals surface area (Å²) in [5, 5.41) is 22.5. The Morgan fingerprint density at radius 3 is 2.61 bits per heavy atom. The van der Waals surface area contributed by atoms with E-state index in [0.29, 0.717) is 5.56 Å². The Kier molecular flexibility index (Phi) is 6.92. The average molecular weight is 326 g/mol. The Morgan fingerprint density at radius 2 is 2.04 bits per heavy atom. The Balaban J connectivity index is 2.85. The van der Waals surface area contributed by atoms with Crippen molar-refractivity contribution in [3.05, 3.63) is 39.9 Å². The number of para-hydroxylation sites is 1. The highest BCUT2D eigenvalue weighted by molar-refractivity contribution is 5.67. The highest BCUT2D eigenvalue weighted by Gasteiger charge is 2.24. The molecule has 0 bridgehead atoms. The maximum Gasteiger partial charge on any atom is 0.407 e. The zero-order valence-corrected chi connectivity index (χ0v) is 13.4. The van der Waals surface area contributed by atoms with Crippen LogP contribution in [0.25, 0.3) is 0 Å². The summed E-state index contributed by atoms with van der Waals surface area (Å²) in [6, 6.07) is 6.10. The van der Waals surface area contributed by atoms with Crippen molar-refractivity contribution in [3.8, 4) is 0 Å². The molecule has 128 valence electrons. The first-order valence-corrected chi connectivity index (χ1v) is 7.17. The lowest BCUT2D eigenvalue weighted by Gasteiger charge is -2.22. The number of amides is 1. The molecule has 0 spiro atoms. The Morgan fingerprint density at radius 1 is 1.39 bits per heavy atom. The van der Waals surface area contributed by atoms with Gasteiger partial charge in [-0.05, 0) is 26.8 Å². The number of carbonyl (C=O) groups excluding carboxylic acids is 1. The lowest BCUT2D eigenvalue weighted by molar-refractivity contribution is -0.386. The van der Waals surface area contributed by atoms with Gasteiger partial charge in [0, 0.05) is 6.07 Å². The van der Waals surface area contributed by atoms with Crippen LogP contribution in [0.3, 0.4) is 0 Å². The molecule has 1 atom stereocenters. The molecule has 1 aromatic rings. The van der Waals surface area contributed by atoms with E-state index in [1.54, 1.807) is 39.0 Å². The Labute approximate surface area is 134 Å². The van der Waals surface area contributed by atoms with Crippen LogP contribution in [-0.4, -0.2) is 41.5 Å². The number of hydrogen-bond donors (Lipinski definition) is 2. The Hall–Kier alpha value is -2.19. The summed E-state index contributed by atoms with van der Waals surface area (Å²) < 4.78 is 10.5. The molecule has 0 heterocycles. The van der Waals surface area contributed by atoms with Crippen LogP contribution >= 0.6 is 0 Å². The van der Waals surface area contributed by atoms with Gasteiger partial charge in [-0.1, -0.05) is 12.1 Å². The van der Waals surface area contributed by atoms with Gasteiger partial charge in [-0.25, -0.2) is 4.79 Å². The summed E-state index contributed by atoms with van der Waals surface area (Å²) in [5.74, 6) is 0. The molecular weight excluding hydrogens is 304 g/mol. The fraction of sp³-hybridized carbons (Fsp3) is 0.533. The molecule has 0 saturated carbocycles. The van der Waals surface area contributed by atoms with Crippen LogP contribution < -0.4 is 5.32 Å². The van der Waals surface area contributed by atoms with E-state index in [1.807, 2.05) is 0 Å². The predicted octanol–water partition coefficient (Wildman–Crippen LogP) is 2.17. The summed E-state index contributed by atoms with van der Waals surface area (Å²) in [5.41, 5.74) is -0.437. The van der Waals surface area contributed by atoms with Crippen LogP contribution in [-0.2, 0) is 9.47 Å². The number of rotatable bonds is 7. The van der Waals surface area contributed by atoms with Crippen molar-refractivity contribution in [1.29, 1.82) is 0 Å². The maximum atomic E-state index is 11.7. The monoisotopic (exact) mass is 326 g/mol. The van der Waals surface area contributed by atoms with E-state index in [2.05, 4.69) is 5.32 Å². The van der Waals surface area contributed by atoms with Crippen molar-refractivity contribution in [3.63, 3.8) is 0 Å². The topological polar surface area (TPSA) is 111 Å². The molecule has 1 aromatic carbocycles. The molecule has 0 aliphatic carbocycles. The predicted molar refractivity (Wildman–Crippen MR) is 83.1 cm³/mol. The second-order valence-corrected chi connectivity index (χ2v) is 5.78. The van der Waals surface area contributed by atoms with Crippen molar-refractivity contribution in [1.82, 2.24) is 5.32 Å². The molecule has 1 rings (SSSR count). The molecule has 2 N–H and O–H groups in total. The first-order valence-electron chi connectivity index (χ1n) is 7.17. The van der Waals surface area contributed by atoms with Crippen molar-refractivity contribution in [2.75, 3.05) is 19.8 Å². The number of benzene rings is 1. The summed E-state index contributed by atoms with van der Waals surface area (Å²) in [7, 11) is 0. The highest BCUT2D eigenvalue weighted by Crippen LogP contribution is 2.27. The van der Waals surface area contributed by atoms with E-state index in [0.717, 1.165) is 0 Å². The number of hydrogen-bond acceptors (Lipinski definition) is 6. The molecule has 1 amide bonds. The fourth-order valence-electron chi connectivity index (χ4n) is 1.87. The summed E-state index contributed by atoms with van der Waals surface area (Å²) >= 11 is 0. The average Bonchev–Trinajstić information content (AvgIpc) is 2.45. The molecule has 0 aliphatic rings. The second-order valence-electron chi connectivity index (χ2n) is 5.78. The zero-order valence-electron chi connectivity index (χ0n) is 13.4. The van der Waals surface area contributed by atoms with E-state index in [-0.39, 0.29) is 25.4 Å². The van der Waals surface area contributed by atoms with Gasteiger partial charge >= 0.3 is 6.09 Å². The van der Waals surface area contributed by atoms with Gasteiger partial charge in [0.2, 0.25) is 0 Å². The van der Waals surface area contributed by atoms with Gasteiger partial charge in [-0.15, -0.1) is 0 Å². The highest BCUT2D eigenvalue weighted by atomic mass is 16.6. The minimum absolute atomic E-state index is 0.00723. The summed E-state index contributed by atoms with van der Waals surface area (Å²) in [6.07, 6.45) is -1.41. The van der Waals surface area contributed by atoms with Crippen molar-refractivity contribution in [2.24, 2.45) is 0 Å². The zero-order chi connectivity index (χ0) is 17.5. The SMILES string of the molecule is CC(C)(C)OC(=O)NCC(OCCO)c1ccccc1[N+](=O)[O-]. The van der Waals surface area contributed by atoms with E-state index < -0.39 is 22.7 Å². The third-order valence-corrected chi connectivity index (χ3v) is 2.72. The number of aliphatic hydroxyl groups excluding tert-OH is 1. The quantitative estimate of drug-likeness (QED) is 0.587. The van der Waals surface area contributed by atoms with Gasteiger partial charge in [-0.2, -0.15) is 0 Å². The van der Waals surface area contributed by atoms with E-state index >= 15 is 0 Å². The number of carbonyl (C=O) groups is 1. The molecule has 0 aliphatic heterocycles. The van der Waals surface area contributed by atoms with Gasteiger partial charge in [0.1, 0.15) is 11.7 Å². The number of nitrogens with zero attached hydrogens (tertiary/aromatic N) is 1. The first kappa shape index (κ1) is 18.9. The molecule has 0 aromatic heterocycles. The van der Waals surface area contributed by atoms with Crippen LogP contribution in [0, 0.1) is 10.1 Å². The van der Waals surface area contributed by atoms with Crippen molar-refractivity contribution in [2.45, 2.75) is 32.5 Å². The smallest absolute Gasteiger partial charge is 0.407 e. The number of nitro benzene ring substituents is 1. The number of alkyl carbamates (subject to hydrolysis) is 1. The van der Waals surface area contributed by atoms with Crippen LogP contribution in [0.2, 0.25) is 0 Å². The van der Waals surface area contributed by atoms with Gasteiger partial charge in [0.25, 0.3) is 5.69 Å². The van der Waals surface area contributed by atoms with Crippen molar-refractivity contribution >= 4 is 11.8 Å². The fourth-order valence-corrected chi connectivity index (χ4v) is 1.87. The molecule has 0 fully saturated rings.